The van der Waals surface area contributed by atoms with Crippen LogP contribution in [0, 0.1) is 0 Å². The number of nitrogens with one attached hydrogen (secondary N) is 1. The number of fused-ring (bicyclic) bond motifs is 1. The Morgan fingerprint density at radius 2 is 2.32 bits per heavy atom. The number of nitrogens with zero attached hydrogens (tertiary/aromatic N) is 2. The standard InChI is InChI=1S/C15H18ClN3O3/c1-15(2,21)8-22-9-6-19(7-9)14(20)12-5-10-11(18-12)3-4-17-13(10)16/h3-5,9,18,21H,6-8H2,1-2H3. The van der Waals surface area contributed by atoms with Gasteiger partial charge < -0.3 is 19.7 Å². The fourth-order valence-corrected chi connectivity index (χ4v) is 2.55. The van der Waals surface area contributed by atoms with Crippen molar-refractivity contribution >= 4 is 28.4 Å². The van der Waals surface area contributed by atoms with Crippen LogP contribution in [0.5, 0.6) is 0 Å². The van der Waals surface area contributed by atoms with Gasteiger partial charge in [-0.05, 0) is 26.0 Å². The molecule has 0 radical (unpaired) electrons. The molecule has 3 heterocycles. The molecule has 6 nitrogen and oxygen atoms in total. The van der Waals surface area contributed by atoms with Crippen LogP contribution in [-0.4, -0.2) is 57.3 Å². The molecular weight excluding hydrogens is 306 g/mol. The molecule has 0 spiro atoms. The predicted molar refractivity (Wildman–Crippen MR) is 83.0 cm³/mol. The zero-order chi connectivity index (χ0) is 15.9. The van der Waals surface area contributed by atoms with E-state index in [4.69, 9.17) is 16.3 Å². The zero-order valence-electron chi connectivity index (χ0n) is 12.5. The Balaban J connectivity index is 1.62. The first-order valence-electron chi connectivity index (χ1n) is 7.10. The van der Waals surface area contributed by atoms with Gasteiger partial charge in [-0.25, -0.2) is 4.98 Å². The summed E-state index contributed by atoms with van der Waals surface area (Å²) >= 11 is 6.01. The van der Waals surface area contributed by atoms with Crippen molar-refractivity contribution in [3.63, 3.8) is 0 Å². The van der Waals surface area contributed by atoms with E-state index in [1.54, 1.807) is 37.1 Å². The van der Waals surface area contributed by atoms with Crippen LogP contribution in [0.2, 0.25) is 5.15 Å². The minimum absolute atomic E-state index is 0.0231. The number of halogens is 1. The second kappa shape index (κ2) is 5.53. The molecule has 1 saturated heterocycles. The molecule has 2 aromatic rings. The van der Waals surface area contributed by atoms with Crippen LogP contribution < -0.4 is 0 Å². The number of H-pyrrole nitrogens is 1. The number of carbonyl (C=O) groups is 1. The Morgan fingerprint density at radius 3 is 2.95 bits per heavy atom. The Morgan fingerprint density at radius 1 is 1.59 bits per heavy atom. The molecule has 118 valence electrons. The maximum atomic E-state index is 12.4. The van der Waals surface area contributed by atoms with E-state index in [0.29, 0.717) is 23.9 Å². The lowest BCUT2D eigenvalue weighted by Gasteiger charge is -2.39. The van der Waals surface area contributed by atoms with Crippen molar-refractivity contribution in [2.24, 2.45) is 0 Å². The molecule has 2 aromatic heterocycles. The zero-order valence-corrected chi connectivity index (χ0v) is 13.2. The van der Waals surface area contributed by atoms with Gasteiger partial charge in [0.2, 0.25) is 0 Å². The Kier molecular flexibility index (Phi) is 3.84. The van der Waals surface area contributed by atoms with Crippen LogP contribution in [-0.2, 0) is 4.74 Å². The molecule has 7 heteroatoms. The number of aromatic amines is 1. The van der Waals surface area contributed by atoms with E-state index in [-0.39, 0.29) is 18.6 Å². The number of aliphatic hydroxyl groups is 1. The summed E-state index contributed by atoms with van der Waals surface area (Å²) in [6.45, 7) is 4.69. The lowest BCUT2D eigenvalue weighted by atomic mass is 10.1. The van der Waals surface area contributed by atoms with Gasteiger partial charge in [-0.3, -0.25) is 4.79 Å². The Labute approximate surface area is 133 Å². The van der Waals surface area contributed by atoms with E-state index in [9.17, 15) is 9.90 Å². The molecule has 0 aromatic carbocycles. The van der Waals surface area contributed by atoms with Gasteiger partial charge in [0, 0.05) is 24.7 Å². The number of ether oxygens (including phenoxy) is 1. The van der Waals surface area contributed by atoms with E-state index in [2.05, 4.69) is 9.97 Å². The van der Waals surface area contributed by atoms with Gasteiger partial charge in [0.05, 0.1) is 23.8 Å². The lowest BCUT2D eigenvalue weighted by molar-refractivity contribution is -0.0943. The fourth-order valence-electron chi connectivity index (χ4n) is 2.34. The number of hydrogen-bond acceptors (Lipinski definition) is 4. The number of pyridine rings is 1. The van der Waals surface area contributed by atoms with Crippen LogP contribution in [0.3, 0.4) is 0 Å². The summed E-state index contributed by atoms with van der Waals surface area (Å²) in [5.74, 6) is -0.0876. The Bertz CT molecular complexity index is 702. The third-order valence-corrected chi connectivity index (χ3v) is 3.84. The van der Waals surface area contributed by atoms with Gasteiger partial charge in [-0.15, -0.1) is 0 Å². The maximum absolute atomic E-state index is 12.4. The average Bonchev–Trinajstić information content (AvgIpc) is 2.80. The number of hydrogen-bond donors (Lipinski definition) is 2. The third-order valence-electron chi connectivity index (χ3n) is 3.54. The van der Waals surface area contributed by atoms with E-state index >= 15 is 0 Å². The van der Waals surface area contributed by atoms with Crippen LogP contribution in [0.1, 0.15) is 24.3 Å². The molecule has 1 amide bonds. The first-order chi connectivity index (χ1) is 10.3. The molecule has 1 fully saturated rings. The van der Waals surface area contributed by atoms with Crippen LogP contribution >= 0.6 is 11.6 Å². The van der Waals surface area contributed by atoms with Crippen molar-refractivity contribution < 1.29 is 14.6 Å². The monoisotopic (exact) mass is 323 g/mol. The van der Waals surface area contributed by atoms with E-state index in [1.807, 2.05) is 0 Å². The van der Waals surface area contributed by atoms with E-state index in [0.717, 1.165) is 10.9 Å². The van der Waals surface area contributed by atoms with Crippen molar-refractivity contribution in [3.05, 3.63) is 29.2 Å². The van der Waals surface area contributed by atoms with Gasteiger partial charge in [0.1, 0.15) is 10.8 Å². The lowest BCUT2D eigenvalue weighted by Crippen LogP contribution is -2.55. The summed E-state index contributed by atoms with van der Waals surface area (Å²) in [5.41, 5.74) is 0.426. The average molecular weight is 324 g/mol. The van der Waals surface area contributed by atoms with Gasteiger partial charge in [-0.2, -0.15) is 0 Å². The second-order valence-electron chi connectivity index (χ2n) is 6.20. The van der Waals surface area contributed by atoms with Gasteiger partial charge >= 0.3 is 0 Å². The number of carbonyl (C=O) groups excluding carboxylic acids is 1. The number of likely N-dealkylation sites (tertiary alicyclic amines) is 1. The topological polar surface area (TPSA) is 78.5 Å². The second-order valence-corrected chi connectivity index (χ2v) is 6.56. The molecule has 0 bridgehead atoms. The summed E-state index contributed by atoms with van der Waals surface area (Å²) in [6, 6.07) is 3.50. The normalized spacial score (nSPS) is 16.1. The minimum Gasteiger partial charge on any atom is -0.388 e. The smallest absolute Gasteiger partial charge is 0.270 e. The predicted octanol–water partition coefficient (Wildman–Crippen LogP) is 1.83. The third kappa shape index (κ3) is 3.09. The first-order valence-corrected chi connectivity index (χ1v) is 7.48. The summed E-state index contributed by atoms with van der Waals surface area (Å²) in [7, 11) is 0. The molecular formula is C15H18ClN3O3. The van der Waals surface area contributed by atoms with Crippen LogP contribution in [0.25, 0.3) is 10.9 Å². The fraction of sp³-hybridized carbons (Fsp3) is 0.467. The molecule has 3 rings (SSSR count). The summed E-state index contributed by atoms with van der Waals surface area (Å²) in [6.07, 6.45) is 1.57. The quantitative estimate of drug-likeness (QED) is 0.841. The van der Waals surface area contributed by atoms with Gasteiger partial charge in [0.25, 0.3) is 5.91 Å². The van der Waals surface area contributed by atoms with Crippen molar-refractivity contribution in [1.82, 2.24) is 14.9 Å². The summed E-state index contributed by atoms with van der Waals surface area (Å²) in [5, 5.41) is 10.7. The number of amides is 1. The molecule has 0 atom stereocenters. The van der Waals surface area contributed by atoms with Crippen molar-refractivity contribution in [3.8, 4) is 0 Å². The van der Waals surface area contributed by atoms with Gasteiger partial charge in [0.15, 0.2) is 0 Å². The summed E-state index contributed by atoms with van der Waals surface area (Å²) < 4.78 is 5.55. The molecule has 22 heavy (non-hydrogen) atoms. The van der Waals surface area contributed by atoms with Crippen LogP contribution in [0.4, 0.5) is 0 Å². The highest BCUT2D eigenvalue weighted by Crippen LogP contribution is 2.24. The SMILES string of the molecule is CC(C)(O)COC1CN(C(=O)c2cc3c(Cl)nccc3[nH]2)C1. The largest absolute Gasteiger partial charge is 0.388 e. The highest BCUT2D eigenvalue weighted by Gasteiger charge is 2.33. The van der Waals surface area contributed by atoms with Gasteiger partial charge in [-0.1, -0.05) is 11.6 Å². The highest BCUT2D eigenvalue weighted by atomic mass is 35.5. The molecule has 2 N–H and O–H groups in total. The first kappa shape index (κ1) is 15.3. The minimum atomic E-state index is -0.856. The van der Waals surface area contributed by atoms with E-state index in [1.165, 1.54) is 0 Å². The molecule has 0 saturated carbocycles. The van der Waals surface area contributed by atoms with Crippen molar-refractivity contribution in [2.45, 2.75) is 25.6 Å². The van der Waals surface area contributed by atoms with Crippen molar-refractivity contribution in [2.75, 3.05) is 19.7 Å². The number of rotatable bonds is 4. The molecule has 1 aliphatic heterocycles. The maximum Gasteiger partial charge on any atom is 0.270 e. The molecule has 0 aliphatic carbocycles. The van der Waals surface area contributed by atoms with E-state index < -0.39 is 5.60 Å². The Hall–Kier alpha value is -1.63. The molecule has 0 unspecified atom stereocenters. The van der Waals surface area contributed by atoms with Crippen LogP contribution in [0.15, 0.2) is 18.3 Å². The number of aromatic nitrogens is 2. The van der Waals surface area contributed by atoms with Crippen molar-refractivity contribution in [1.29, 1.82) is 0 Å². The highest BCUT2D eigenvalue weighted by molar-refractivity contribution is 6.34. The molecule has 1 aliphatic rings. The summed E-state index contributed by atoms with van der Waals surface area (Å²) in [4.78, 5) is 21.1.